The monoisotopic (exact) mass is 341 g/mol. The Kier molecular flexibility index (Phi) is 4.66. The summed E-state index contributed by atoms with van der Waals surface area (Å²) in [5, 5.41) is 11.9. The first kappa shape index (κ1) is 16.6. The minimum atomic E-state index is -3.75. The lowest BCUT2D eigenvalue weighted by Crippen LogP contribution is -2.37. The van der Waals surface area contributed by atoms with Crippen molar-refractivity contribution in [2.75, 3.05) is 0 Å². The summed E-state index contributed by atoms with van der Waals surface area (Å²) >= 11 is 0. The van der Waals surface area contributed by atoms with Gasteiger partial charge in [-0.3, -0.25) is 0 Å². The maximum absolute atomic E-state index is 12.8. The molecule has 0 radical (unpaired) electrons. The van der Waals surface area contributed by atoms with E-state index < -0.39 is 22.2 Å². The first-order chi connectivity index (χ1) is 11.5. The third-order valence-electron chi connectivity index (χ3n) is 3.99. The average Bonchev–Trinajstić information content (AvgIpc) is 2.61. The zero-order valence-corrected chi connectivity index (χ0v) is 14.1. The van der Waals surface area contributed by atoms with Crippen LogP contribution in [-0.4, -0.2) is 19.6 Å². The molecule has 0 spiro atoms. The summed E-state index contributed by atoms with van der Waals surface area (Å²) in [5.74, 6) is 0. The molecule has 3 aromatic carbocycles. The Balaban J connectivity index is 1.90. The highest BCUT2D eigenvalue weighted by molar-refractivity contribution is 7.89. The summed E-state index contributed by atoms with van der Waals surface area (Å²) in [5.41, 5.74) is 0.672. The molecule has 0 fully saturated rings. The van der Waals surface area contributed by atoms with Crippen LogP contribution in [0.4, 0.5) is 0 Å². The van der Waals surface area contributed by atoms with E-state index >= 15 is 0 Å². The molecule has 0 saturated heterocycles. The number of nitrogens with one attached hydrogen (secondary N) is 1. The first-order valence-corrected chi connectivity index (χ1v) is 9.20. The molecule has 5 heteroatoms. The van der Waals surface area contributed by atoms with Crippen molar-refractivity contribution < 1.29 is 13.5 Å². The Morgan fingerprint density at radius 2 is 1.50 bits per heavy atom. The van der Waals surface area contributed by atoms with Crippen LogP contribution in [0.15, 0.2) is 77.7 Å². The Labute approximate surface area is 141 Å². The molecule has 0 aromatic heterocycles. The normalized spacial score (nSPS) is 14.4. The van der Waals surface area contributed by atoms with E-state index in [9.17, 15) is 13.5 Å². The van der Waals surface area contributed by atoms with Crippen LogP contribution in [0.1, 0.15) is 18.6 Å². The number of aliphatic hydroxyl groups excluding tert-OH is 1. The maximum Gasteiger partial charge on any atom is 0.241 e. The number of sulfonamides is 1. The van der Waals surface area contributed by atoms with Crippen LogP contribution < -0.4 is 4.72 Å². The Morgan fingerprint density at radius 1 is 0.875 bits per heavy atom. The van der Waals surface area contributed by atoms with Gasteiger partial charge in [0.25, 0.3) is 0 Å². The fraction of sp³-hybridized carbons (Fsp3) is 0.158. The molecule has 0 amide bonds. The van der Waals surface area contributed by atoms with Crippen LogP contribution in [0, 0.1) is 0 Å². The molecule has 0 saturated carbocycles. The molecular weight excluding hydrogens is 322 g/mol. The van der Waals surface area contributed by atoms with Crippen LogP contribution in [0.2, 0.25) is 0 Å². The van der Waals surface area contributed by atoms with Gasteiger partial charge >= 0.3 is 0 Å². The number of hydrogen-bond donors (Lipinski definition) is 2. The van der Waals surface area contributed by atoms with E-state index in [0.29, 0.717) is 10.9 Å². The summed E-state index contributed by atoms with van der Waals surface area (Å²) in [6.45, 7) is 1.65. The topological polar surface area (TPSA) is 66.4 Å². The second kappa shape index (κ2) is 6.73. The molecule has 3 aromatic rings. The van der Waals surface area contributed by atoms with Crippen molar-refractivity contribution in [3.8, 4) is 0 Å². The molecule has 2 atom stereocenters. The Bertz CT molecular complexity index is 934. The molecule has 0 aliphatic carbocycles. The van der Waals surface area contributed by atoms with Gasteiger partial charge in [-0.15, -0.1) is 0 Å². The van der Waals surface area contributed by atoms with E-state index in [2.05, 4.69) is 4.72 Å². The predicted molar refractivity (Wildman–Crippen MR) is 95.1 cm³/mol. The van der Waals surface area contributed by atoms with Crippen molar-refractivity contribution in [3.63, 3.8) is 0 Å². The first-order valence-electron chi connectivity index (χ1n) is 7.72. The van der Waals surface area contributed by atoms with Crippen molar-refractivity contribution in [2.45, 2.75) is 24.0 Å². The smallest absolute Gasteiger partial charge is 0.241 e. The average molecular weight is 341 g/mol. The summed E-state index contributed by atoms with van der Waals surface area (Å²) in [6.07, 6.45) is -0.920. The minimum Gasteiger partial charge on any atom is -0.387 e. The van der Waals surface area contributed by atoms with Gasteiger partial charge in [-0.25, -0.2) is 13.1 Å². The van der Waals surface area contributed by atoms with Gasteiger partial charge in [-0.2, -0.15) is 0 Å². The zero-order valence-electron chi connectivity index (χ0n) is 13.3. The second-order valence-corrected chi connectivity index (χ2v) is 7.43. The van der Waals surface area contributed by atoms with Gasteiger partial charge < -0.3 is 5.11 Å². The Hall–Kier alpha value is -2.21. The molecule has 4 nitrogen and oxygen atoms in total. The summed E-state index contributed by atoms with van der Waals surface area (Å²) < 4.78 is 28.1. The third-order valence-corrected chi connectivity index (χ3v) is 5.61. The van der Waals surface area contributed by atoms with E-state index in [-0.39, 0.29) is 4.90 Å². The fourth-order valence-corrected chi connectivity index (χ4v) is 4.22. The number of hydrogen-bond acceptors (Lipinski definition) is 3. The standard InChI is InChI=1S/C19H19NO3S/c1-14(19(21)16-9-3-2-4-10-16)20-24(22,23)18-13-7-11-15-8-5-6-12-17(15)18/h2-14,19-21H,1H3/t14-,19-/m0/s1. The van der Waals surface area contributed by atoms with E-state index in [0.717, 1.165) is 5.39 Å². The van der Waals surface area contributed by atoms with Gasteiger partial charge in [0.1, 0.15) is 0 Å². The molecule has 0 heterocycles. The number of fused-ring (bicyclic) bond motifs is 1. The van der Waals surface area contributed by atoms with Gasteiger partial charge in [-0.05, 0) is 23.9 Å². The SMILES string of the molecule is C[C@H](NS(=O)(=O)c1cccc2ccccc12)[C@H](O)c1ccccc1. The second-order valence-electron chi connectivity index (χ2n) is 5.74. The molecule has 3 rings (SSSR count). The quantitative estimate of drug-likeness (QED) is 0.749. The number of benzene rings is 3. The lowest BCUT2D eigenvalue weighted by atomic mass is 10.0. The van der Waals surface area contributed by atoms with Crippen LogP contribution in [0.25, 0.3) is 10.8 Å². The highest BCUT2D eigenvalue weighted by Crippen LogP contribution is 2.24. The van der Waals surface area contributed by atoms with Gasteiger partial charge in [0.2, 0.25) is 10.0 Å². The van der Waals surface area contributed by atoms with Gasteiger partial charge in [0.05, 0.1) is 11.0 Å². The van der Waals surface area contributed by atoms with E-state index in [1.807, 2.05) is 42.5 Å². The third kappa shape index (κ3) is 3.33. The number of rotatable bonds is 5. The molecule has 0 bridgehead atoms. The molecule has 24 heavy (non-hydrogen) atoms. The van der Waals surface area contributed by atoms with Crippen molar-refractivity contribution in [3.05, 3.63) is 78.4 Å². The minimum absolute atomic E-state index is 0.215. The van der Waals surface area contributed by atoms with Crippen molar-refractivity contribution in [1.29, 1.82) is 0 Å². The zero-order chi connectivity index (χ0) is 17.2. The molecule has 0 aliphatic rings. The van der Waals surface area contributed by atoms with Crippen LogP contribution in [0.5, 0.6) is 0 Å². The van der Waals surface area contributed by atoms with Gasteiger partial charge in [-0.1, -0.05) is 66.7 Å². The van der Waals surface area contributed by atoms with E-state index in [1.165, 1.54) is 0 Å². The lowest BCUT2D eigenvalue weighted by Gasteiger charge is -2.21. The van der Waals surface area contributed by atoms with Crippen molar-refractivity contribution in [1.82, 2.24) is 4.72 Å². The summed E-state index contributed by atoms with van der Waals surface area (Å²) in [6, 6.07) is 20.8. The molecule has 0 aliphatic heterocycles. The van der Waals surface area contributed by atoms with E-state index in [1.54, 1.807) is 37.3 Å². The van der Waals surface area contributed by atoms with Crippen LogP contribution >= 0.6 is 0 Å². The van der Waals surface area contributed by atoms with Gasteiger partial charge in [0.15, 0.2) is 0 Å². The number of aliphatic hydroxyl groups is 1. The molecule has 0 unspecified atom stereocenters. The Morgan fingerprint density at radius 3 is 2.25 bits per heavy atom. The fourth-order valence-electron chi connectivity index (χ4n) is 2.74. The molecule has 2 N–H and O–H groups in total. The molecular formula is C19H19NO3S. The maximum atomic E-state index is 12.8. The lowest BCUT2D eigenvalue weighted by molar-refractivity contribution is 0.146. The van der Waals surface area contributed by atoms with E-state index in [4.69, 9.17) is 0 Å². The highest BCUT2D eigenvalue weighted by Gasteiger charge is 2.24. The van der Waals surface area contributed by atoms with Crippen LogP contribution in [-0.2, 0) is 10.0 Å². The highest BCUT2D eigenvalue weighted by atomic mass is 32.2. The predicted octanol–water partition coefficient (Wildman–Crippen LogP) is 3.24. The van der Waals surface area contributed by atoms with Crippen LogP contribution in [0.3, 0.4) is 0 Å². The summed E-state index contributed by atoms with van der Waals surface area (Å²) in [7, 11) is -3.75. The molecule has 124 valence electrons. The summed E-state index contributed by atoms with van der Waals surface area (Å²) in [4.78, 5) is 0.215. The van der Waals surface area contributed by atoms with Crippen molar-refractivity contribution in [2.24, 2.45) is 0 Å². The van der Waals surface area contributed by atoms with Gasteiger partial charge in [0, 0.05) is 11.4 Å². The van der Waals surface area contributed by atoms with Crippen molar-refractivity contribution >= 4 is 20.8 Å². The largest absolute Gasteiger partial charge is 0.387 e.